The van der Waals surface area contributed by atoms with E-state index in [0.29, 0.717) is 5.69 Å². The number of rotatable bonds is 6. The number of benzene rings is 1. The lowest BCUT2D eigenvalue weighted by Gasteiger charge is -2.13. The zero-order valence-corrected chi connectivity index (χ0v) is 12.9. The first kappa shape index (κ1) is 17.1. The third-order valence-corrected chi connectivity index (χ3v) is 3.09. The van der Waals surface area contributed by atoms with Gasteiger partial charge in [-0.25, -0.2) is 4.98 Å². The van der Waals surface area contributed by atoms with E-state index in [4.69, 9.17) is 4.74 Å². The zero-order chi connectivity index (χ0) is 16.9. The number of hydrogen-bond acceptors (Lipinski definition) is 4. The summed E-state index contributed by atoms with van der Waals surface area (Å²) in [4.78, 5) is 7.54. The molecule has 1 aromatic carbocycles. The van der Waals surface area contributed by atoms with Crippen LogP contribution in [0, 0.1) is 0 Å². The van der Waals surface area contributed by atoms with Gasteiger partial charge in [-0.2, -0.15) is 18.2 Å². The van der Waals surface area contributed by atoms with E-state index < -0.39 is 17.6 Å². The van der Waals surface area contributed by atoms with Gasteiger partial charge in [0.25, 0.3) is 0 Å². The molecule has 2 rings (SSSR count). The minimum absolute atomic E-state index is 0.0599. The highest BCUT2D eigenvalue weighted by Crippen LogP contribution is 2.35. The van der Waals surface area contributed by atoms with E-state index in [1.807, 2.05) is 24.3 Å². The number of aryl methyl sites for hydroxylation is 1. The van der Waals surface area contributed by atoms with Crippen molar-refractivity contribution in [2.24, 2.45) is 0 Å². The van der Waals surface area contributed by atoms with E-state index >= 15 is 0 Å². The minimum Gasteiger partial charge on any atom is -0.477 e. The summed E-state index contributed by atoms with van der Waals surface area (Å²) in [6.07, 6.45) is -1.80. The van der Waals surface area contributed by atoms with Gasteiger partial charge in [-0.1, -0.05) is 25.5 Å². The molecule has 23 heavy (non-hydrogen) atoms. The standard InChI is InChI=1S/C16H18F3N3O/c1-3-5-11-6-8-12(9-7-11)21-15-20-10-13(16(17,18)19)14(22-15)23-4-2/h6-10H,3-5H2,1-2H3,(H,20,21,22). The van der Waals surface area contributed by atoms with Crippen LogP contribution in [0.4, 0.5) is 24.8 Å². The monoisotopic (exact) mass is 325 g/mol. The van der Waals surface area contributed by atoms with E-state index in [2.05, 4.69) is 22.2 Å². The Bertz CT molecular complexity index is 642. The van der Waals surface area contributed by atoms with Crippen molar-refractivity contribution in [1.82, 2.24) is 9.97 Å². The Labute approximate surface area is 132 Å². The smallest absolute Gasteiger partial charge is 0.423 e. The predicted octanol–water partition coefficient (Wildman–Crippen LogP) is 4.59. The van der Waals surface area contributed by atoms with Gasteiger partial charge < -0.3 is 10.1 Å². The molecular formula is C16H18F3N3O. The van der Waals surface area contributed by atoms with Gasteiger partial charge in [0.2, 0.25) is 11.8 Å². The van der Waals surface area contributed by atoms with Gasteiger partial charge in [0.1, 0.15) is 5.56 Å². The molecule has 1 heterocycles. The molecule has 0 amide bonds. The van der Waals surface area contributed by atoms with Gasteiger partial charge in [0, 0.05) is 11.9 Å². The van der Waals surface area contributed by atoms with E-state index in [1.54, 1.807) is 6.92 Å². The third-order valence-electron chi connectivity index (χ3n) is 3.09. The predicted molar refractivity (Wildman–Crippen MR) is 81.9 cm³/mol. The van der Waals surface area contributed by atoms with E-state index in [-0.39, 0.29) is 12.6 Å². The van der Waals surface area contributed by atoms with Crippen molar-refractivity contribution in [2.45, 2.75) is 32.9 Å². The summed E-state index contributed by atoms with van der Waals surface area (Å²) in [6, 6.07) is 7.59. The Morgan fingerprint density at radius 3 is 2.39 bits per heavy atom. The van der Waals surface area contributed by atoms with Crippen LogP contribution in [-0.4, -0.2) is 16.6 Å². The molecule has 1 N–H and O–H groups in total. The summed E-state index contributed by atoms with van der Waals surface area (Å²) in [6.45, 7) is 3.78. The van der Waals surface area contributed by atoms with Gasteiger partial charge >= 0.3 is 6.18 Å². The highest BCUT2D eigenvalue weighted by atomic mass is 19.4. The summed E-state index contributed by atoms with van der Waals surface area (Å²) in [5.41, 5.74) is 0.914. The Morgan fingerprint density at radius 2 is 1.83 bits per heavy atom. The van der Waals surface area contributed by atoms with E-state index in [9.17, 15) is 13.2 Å². The lowest BCUT2D eigenvalue weighted by atomic mass is 10.1. The average molecular weight is 325 g/mol. The quantitative estimate of drug-likeness (QED) is 0.844. The van der Waals surface area contributed by atoms with Crippen molar-refractivity contribution in [3.05, 3.63) is 41.6 Å². The normalized spacial score (nSPS) is 11.3. The SMILES string of the molecule is CCCc1ccc(Nc2ncc(C(F)(F)F)c(OCC)n2)cc1. The molecule has 0 saturated heterocycles. The lowest BCUT2D eigenvalue weighted by molar-refractivity contribution is -0.139. The molecule has 0 saturated carbocycles. The molecule has 0 aliphatic rings. The molecule has 0 unspecified atom stereocenters. The second kappa shape index (κ2) is 7.30. The van der Waals surface area contributed by atoms with Crippen molar-refractivity contribution < 1.29 is 17.9 Å². The van der Waals surface area contributed by atoms with Crippen LogP contribution in [0.15, 0.2) is 30.5 Å². The first-order valence-corrected chi connectivity index (χ1v) is 7.37. The highest BCUT2D eigenvalue weighted by molar-refractivity contribution is 5.54. The minimum atomic E-state index is -4.55. The number of nitrogens with zero attached hydrogens (tertiary/aromatic N) is 2. The van der Waals surface area contributed by atoms with Crippen LogP contribution in [0.2, 0.25) is 0 Å². The molecular weight excluding hydrogens is 307 g/mol. The number of ether oxygens (including phenoxy) is 1. The number of anilines is 2. The maximum Gasteiger partial charge on any atom is 0.423 e. The maximum atomic E-state index is 12.9. The molecule has 0 atom stereocenters. The van der Waals surface area contributed by atoms with Crippen LogP contribution in [0.25, 0.3) is 0 Å². The van der Waals surface area contributed by atoms with Gasteiger partial charge in [-0.3, -0.25) is 0 Å². The van der Waals surface area contributed by atoms with Crippen LogP contribution < -0.4 is 10.1 Å². The first-order valence-electron chi connectivity index (χ1n) is 7.37. The van der Waals surface area contributed by atoms with Gasteiger partial charge in [0.15, 0.2) is 0 Å². The van der Waals surface area contributed by atoms with Crippen LogP contribution in [0.3, 0.4) is 0 Å². The van der Waals surface area contributed by atoms with Crippen molar-refractivity contribution in [3.8, 4) is 5.88 Å². The second-order valence-corrected chi connectivity index (χ2v) is 4.92. The molecule has 0 spiro atoms. The van der Waals surface area contributed by atoms with Crippen LogP contribution in [-0.2, 0) is 12.6 Å². The Hall–Kier alpha value is -2.31. The average Bonchev–Trinajstić information content (AvgIpc) is 2.49. The van der Waals surface area contributed by atoms with E-state index in [0.717, 1.165) is 19.0 Å². The number of alkyl halides is 3. The number of halogens is 3. The summed E-state index contributed by atoms with van der Waals surface area (Å²) in [5, 5.41) is 2.88. The summed E-state index contributed by atoms with van der Waals surface area (Å²) < 4.78 is 43.6. The molecule has 1 aromatic heterocycles. The van der Waals surface area contributed by atoms with Crippen LogP contribution in [0.1, 0.15) is 31.4 Å². The number of aromatic nitrogens is 2. The lowest BCUT2D eigenvalue weighted by Crippen LogP contribution is -2.12. The maximum absolute atomic E-state index is 12.9. The molecule has 2 aromatic rings. The Kier molecular flexibility index (Phi) is 5.41. The van der Waals surface area contributed by atoms with Crippen molar-refractivity contribution in [3.63, 3.8) is 0 Å². The topological polar surface area (TPSA) is 47.0 Å². The summed E-state index contributed by atoms with van der Waals surface area (Å²) >= 11 is 0. The van der Waals surface area contributed by atoms with Crippen molar-refractivity contribution >= 4 is 11.6 Å². The van der Waals surface area contributed by atoms with Gasteiger partial charge in [0.05, 0.1) is 6.61 Å². The number of nitrogens with one attached hydrogen (secondary N) is 1. The Morgan fingerprint density at radius 1 is 1.13 bits per heavy atom. The van der Waals surface area contributed by atoms with Crippen LogP contribution in [0.5, 0.6) is 5.88 Å². The first-order chi connectivity index (χ1) is 10.9. The largest absolute Gasteiger partial charge is 0.477 e. The molecule has 0 radical (unpaired) electrons. The van der Waals surface area contributed by atoms with Gasteiger partial charge in [-0.05, 0) is 31.0 Å². The highest BCUT2D eigenvalue weighted by Gasteiger charge is 2.36. The fourth-order valence-electron chi connectivity index (χ4n) is 2.04. The molecule has 0 aliphatic carbocycles. The van der Waals surface area contributed by atoms with E-state index in [1.165, 1.54) is 5.56 Å². The second-order valence-electron chi connectivity index (χ2n) is 4.92. The number of hydrogen-bond donors (Lipinski definition) is 1. The van der Waals surface area contributed by atoms with Crippen molar-refractivity contribution in [2.75, 3.05) is 11.9 Å². The summed E-state index contributed by atoms with van der Waals surface area (Å²) in [7, 11) is 0. The van der Waals surface area contributed by atoms with Gasteiger partial charge in [-0.15, -0.1) is 0 Å². The Balaban J connectivity index is 2.21. The third kappa shape index (κ3) is 4.58. The molecule has 0 bridgehead atoms. The summed E-state index contributed by atoms with van der Waals surface area (Å²) in [5.74, 6) is -0.412. The zero-order valence-electron chi connectivity index (χ0n) is 12.9. The van der Waals surface area contributed by atoms with Crippen molar-refractivity contribution in [1.29, 1.82) is 0 Å². The fraction of sp³-hybridized carbons (Fsp3) is 0.375. The molecule has 0 aliphatic heterocycles. The molecule has 7 heteroatoms. The van der Waals surface area contributed by atoms with Crippen LogP contribution >= 0.6 is 0 Å². The molecule has 4 nitrogen and oxygen atoms in total. The molecule has 0 fully saturated rings. The molecule has 124 valence electrons. The fourth-order valence-corrected chi connectivity index (χ4v) is 2.04.